The van der Waals surface area contributed by atoms with Crippen molar-refractivity contribution in [3.05, 3.63) is 18.2 Å². The van der Waals surface area contributed by atoms with Crippen molar-refractivity contribution in [2.75, 3.05) is 37.9 Å². The molecule has 108 valence electrons. The SMILES string of the molecule is CCOc1cc(NCC(C)(C)CCOC)ccc1N. The lowest BCUT2D eigenvalue weighted by Gasteiger charge is -2.25. The second-order valence-corrected chi connectivity index (χ2v) is 5.45. The van der Waals surface area contributed by atoms with Gasteiger partial charge in [-0.1, -0.05) is 13.8 Å². The van der Waals surface area contributed by atoms with Crippen molar-refractivity contribution in [1.82, 2.24) is 0 Å². The van der Waals surface area contributed by atoms with E-state index in [2.05, 4.69) is 19.2 Å². The van der Waals surface area contributed by atoms with Crippen molar-refractivity contribution in [2.45, 2.75) is 27.2 Å². The molecule has 0 aliphatic rings. The number of hydrogen-bond donors (Lipinski definition) is 2. The van der Waals surface area contributed by atoms with E-state index in [9.17, 15) is 0 Å². The van der Waals surface area contributed by atoms with Gasteiger partial charge < -0.3 is 20.5 Å². The first kappa shape index (κ1) is 15.6. The molecule has 1 rings (SSSR count). The number of rotatable bonds is 8. The van der Waals surface area contributed by atoms with Crippen molar-refractivity contribution < 1.29 is 9.47 Å². The van der Waals surface area contributed by atoms with Crippen LogP contribution in [0.3, 0.4) is 0 Å². The molecule has 0 atom stereocenters. The molecular weight excluding hydrogens is 240 g/mol. The minimum Gasteiger partial charge on any atom is -0.492 e. The number of benzene rings is 1. The highest BCUT2D eigenvalue weighted by Gasteiger charge is 2.17. The van der Waals surface area contributed by atoms with Crippen molar-refractivity contribution in [1.29, 1.82) is 0 Å². The van der Waals surface area contributed by atoms with E-state index < -0.39 is 0 Å². The van der Waals surface area contributed by atoms with Crippen LogP contribution in [0.5, 0.6) is 5.75 Å². The lowest BCUT2D eigenvalue weighted by Crippen LogP contribution is -2.24. The maximum Gasteiger partial charge on any atom is 0.144 e. The van der Waals surface area contributed by atoms with Crippen molar-refractivity contribution in [2.24, 2.45) is 5.41 Å². The van der Waals surface area contributed by atoms with Crippen molar-refractivity contribution in [3.63, 3.8) is 0 Å². The van der Waals surface area contributed by atoms with Crippen LogP contribution in [-0.2, 0) is 4.74 Å². The number of nitrogens with two attached hydrogens (primary N) is 1. The number of nitrogens with one attached hydrogen (secondary N) is 1. The van der Waals surface area contributed by atoms with E-state index in [4.69, 9.17) is 15.2 Å². The normalized spacial score (nSPS) is 11.4. The Morgan fingerprint density at radius 3 is 2.68 bits per heavy atom. The molecule has 3 N–H and O–H groups in total. The van der Waals surface area contributed by atoms with Crippen molar-refractivity contribution in [3.8, 4) is 5.75 Å². The quantitative estimate of drug-likeness (QED) is 0.710. The Hall–Kier alpha value is -1.42. The molecule has 0 spiro atoms. The van der Waals surface area contributed by atoms with Gasteiger partial charge in [0, 0.05) is 32.0 Å². The van der Waals surface area contributed by atoms with Crippen LogP contribution in [0.2, 0.25) is 0 Å². The average Bonchev–Trinajstić information content (AvgIpc) is 2.38. The molecule has 19 heavy (non-hydrogen) atoms. The summed E-state index contributed by atoms with van der Waals surface area (Å²) < 4.78 is 10.6. The van der Waals surface area contributed by atoms with Gasteiger partial charge in [0.1, 0.15) is 5.75 Å². The molecule has 0 heterocycles. The highest BCUT2D eigenvalue weighted by atomic mass is 16.5. The van der Waals surface area contributed by atoms with Gasteiger partial charge in [-0.25, -0.2) is 0 Å². The van der Waals surface area contributed by atoms with Crippen LogP contribution in [0.15, 0.2) is 18.2 Å². The molecule has 4 nitrogen and oxygen atoms in total. The summed E-state index contributed by atoms with van der Waals surface area (Å²) >= 11 is 0. The van der Waals surface area contributed by atoms with E-state index in [1.165, 1.54) is 0 Å². The predicted molar refractivity (Wildman–Crippen MR) is 80.8 cm³/mol. The first-order chi connectivity index (χ1) is 8.98. The van der Waals surface area contributed by atoms with Crippen LogP contribution in [0.4, 0.5) is 11.4 Å². The fraction of sp³-hybridized carbons (Fsp3) is 0.600. The molecule has 1 aromatic carbocycles. The third-order valence-corrected chi connectivity index (χ3v) is 3.07. The number of nitrogen functional groups attached to an aromatic ring is 1. The van der Waals surface area contributed by atoms with E-state index >= 15 is 0 Å². The molecule has 0 amide bonds. The Kier molecular flexibility index (Phi) is 5.96. The molecule has 4 heteroatoms. The second-order valence-electron chi connectivity index (χ2n) is 5.45. The smallest absolute Gasteiger partial charge is 0.144 e. The predicted octanol–water partition coefficient (Wildman–Crippen LogP) is 3.14. The average molecular weight is 266 g/mol. The Bertz CT molecular complexity index is 392. The Balaban J connectivity index is 2.59. The molecule has 0 saturated heterocycles. The number of ether oxygens (including phenoxy) is 2. The van der Waals surface area contributed by atoms with Gasteiger partial charge in [0.05, 0.1) is 12.3 Å². The Labute approximate surface area is 116 Å². The topological polar surface area (TPSA) is 56.5 Å². The zero-order valence-electron chi connectivity index (χ0n) is 12.5. The zero-order valence-corrected chi connectivity index (χ0v) is 12.5. The summed E-state index contributed by atoms with van der Waals surface area (Å²) in [5.74, 6) is 0.738. The van der Waals surface area contributed by atoms with Crippen molar-refractivity contribution >= 4 is 11.4 Å². The molecule has 0 bridgehead atoms. The third-order valence-electron chi connectivity index (χ3n) is 3.07. The van der Waals surface area contributed by atoms with Gasteiger partial charge in [-0.2, -0.15) is 0 Å². The van der Waals surface area contributed by atoms with Crippen LogP contribution in [0.1, 0.15) is 27.2 Å². The lowest BCUT2D eigenvalue weighted by atomic mass is 9.89. The molecule has 1 aromatic rings. The lowest BCUT2D eigenvalue weighted by molar-refractivity contribution is 0.157. The number of hydrogen-bond acceptors (Lipinski definition) is 4. The van der Waals surface area contributed by atoms with Gasteiger partial charge in [-0.3, -0.25) is 0 Å². The van der Waals surface area contributed by atoms with Gasteiger partial charge in [-0.15, -0.1) is 0 Å². The zero-order chi connectivity index (χ0) is 14.3. The van der Waals surface area contributed by atoms with Gasteiger partial charge in [-0.05, 0) is 30.9 Å². The van der Waals surface area contributed by atoms with Gasteiger partial charge in [0.15, 0.2) is 0 Å². The summed E-state index contributed by atoms with van der Waals surface area (Å²) in [6, 6.07) is 5.80. The summed E-state index contributed by atoms with van der Waals surface area (Å²) in [4.78, 5) is 0. The molecule has 0 unspecified atom stereocenters. The molecule has 0 saturated carbocycles. The fourth-order valence-corrected chi connectivity index (χ4v) is 1.73. The monoisotopic (exact) mass is 266 g/mol. The van der Waals surface area contributed by atoms with Crippen LogP contribution in [0.25, 0.3) is 0 Å². The van der Waals surface area contributed by atoms with Gasteiger partial charge in [0.25, 0.3) is 0 Å². The molecule has 0 aliphatic carbocycles. The van der Waals surface area contributed by atoms with Crippen LogP contribution >= 0.6 is 0 Å². The Morgan fingerprint density at radius 2 is 2.05 bits per heavy atom. The maximum atomic E-state index is 5.85. The molecule has 0 radical (unpaired) electrons. The van der Waals surface area contributed by atoms with Crippen LogP contribution < -0.4 is 15.8 Å². The van der Waals surface area contributed by atoms with E-state index in [0.29, 0.717) is 12.3 Å². The first-order valence-corrected chi connectivity index (χ1v) is 6.73. The van der Waals surface area contributed by atoms with E-state index in [1.54, 1.807) is 7.11 Å². The molecular formula is C15H26N2O2. The summed E-state index contributed by atoms with van der Waals surface area (Å²) in [7, 11) is 1.73. The first-order valence-electron chi connectivity index (χ1n) is 6.73. The van der Waals surface area contributed by atoms with Gasteiger partial charge >= 0.3 is 0 Å². The van der Waals surface area contributed by atoms with E-state index in [1.807, 2.05) is 25.1 Å². The fourth-order valence-electron chi connectivity index (χ4n) is 1.73. The molecule has 0 fully saturated rings. The van der Waals surface area contributed by atoms with E-state index in [-0.39, 0.29) is 5.41 Å². The number of anilines is 2. The highest BCUT2D eigenvalue weighted by molar-refractivity contribution is 5.61. The Morgan fingerprint density at radius 1 is 1.32 bits per heavy atom. The molecule has 0 aromatic heterocycles. The minimum atomic E-state index is 0.184. The summed E-state index contributed by atoms with van der Waals surface area (Å²) in [6.45, 7) is 8.67. The standard InChI is InChI=1S/C15H26N2O2/c1-5-19-14-10-12(6-7-13(14)16)17-11-15(2,3)8-9-18-4/h6-7,10,17H,5,8-9,11,16H2,1-4H3. The number of methoxy groups -OCH3 is 1. The molecule has 0 aliphatic heterocycles. The van der Waals surface area contributed by atoms with Crippen LogP contribution in [-0.4, -0.2) is 26.9 Å². The summed E-state index contributed by atoms with van der Waals surface area (Å²) in [5.41, 5.74) is 7.74. The second kappa shape index (κ2) is 7.24. The summed E-state index contributed by atoms with van der Waals surface area (Å²) in [5, 5.41) is 3.43. The largest absolute Gasteiger partial charge is 0.492 e. The van der Waals surface area contributed by atoms with E-state index in [0.717, 1.165) is 31.0 Å². The summed E-state index contributed by atoms with van der Waals surface area (Å²) in [6.07, 6.45) is 1.02. The highest BCUT2D eigenvalue weighted by Crippen LogP contribution is 2.27. The van der Waals surface area contributed by atoms with Crippen LogP contribution in [0, 0.1) is 5.41 Å². The maximum absolute atomic E-state index is 5.85. The van der Waals surface area contributed by atoms with Gasteiger partial charge in [0.2, 0.25) is 0 Å². The third kappa shape index (κ3) is 5.39. The minimum absolute atomic E-state index is 0.184.